The van der Waals surface area contributed by atoms with Crippen molar-refractivity contribution in [2.45, 2.75) is 32.1 Å². The second-order valence-corrected chi connectivity index (χ2v) is 3.80. The van der Waals surface area contributed by atoms with Crippen LogP contribution in [0.2, 0.25) is 0 Å². The standard InChI is InChI=1S/C9H17FN2/c10-9(11-5-1-2-6-11)12-7-3-4-8-12/h9H,1-8H2. The van der Waals surface area contributed by atoms with Gasteiger partial charge in [0, 0.05) is 26.2 Å². The van der Waals surface area contributed by atoms with Crippen LogP contribution in [0.5, 0.6) is 0 Å². The van der Waals surface area contributed by atoms with Crippen molar-refractivity contribution >= 4 is 0 Å². The molecule has 2 rings (SSSR count). The van der Waals surface area contributed by atoms with E-state index in [1.165, 1.54) is 25.7 Å². The van der Waals surface area contributed by atoms with Crippen molar-refractivity contribution in [1.82, 2.24) is 9.80 Å². The predicted octanol–water partition coefficient (Wildman–Crippen LogP) is 1.43. The highest BCUT2D eigenvalue weighted by Gasteiger charge is 2.28. The second-order valence-electron chi connectivity index (χ2n) is 3.80. The SMILES string of the molecule is FC(N1CCCC1)N1CCCC1. The molecule has 12 heavy (non-hydrogen) atoms. The third kappa shape index (κ3) is 1.62. The molecule has 0 amide bonds. The molecule has 2 aliphatic rings. The molecular weight excluding hydrogens is 155 g/mol. The van der Waals surface area contributed by atoms with Gasteiger partial charge in [-0.05, 0) is 25.7 Å². The van der Waals surface area contributed by atoms with Crippen LogP contribution in [0.15, 0.2) is 0 Å². The average Bonchev–Trinajstić information content (AvgIpc) is 2.77. The fourth-order valence-electron chi connectivity index (χ4n) is 2.14. The Labute approximate surface area is 73.3 Å². The van der Waals surface area contributed by atoms with Gasteiger partial charge in [-0.15, -0.1) is 0 Å². The molecule has 0 saturated carbocycles. The lowest BCUT2D eigenvalue weighted by atomic mass is 10.4. The molecule has 0 aromatic carbocycles. The van der Waals surface area contributed by atoms with Crippen LogP contribution in [0, 0.1) is 0 Å². The van der Waals surface area contributed by atoms with E-state index in [4.69, 9.17) is 0 Å². The van der Waals surface area contributed by atoms with Crippen LogP contribution in [0.3, 0.4) is 0 Å². The van der Waals surface area contributed by atoms with Crippen molar-refractivity contribution in [3.05, 3.63) is 0 Å². The first-order chi connectivity index (χ1) is 5.88. The molecule has 0 N–H and O–H groups in total. The van der Waals surface area contributed by atoms with E-state index in [1.54, 1.807) is 0 Å². The smallest absolute Gasteiger partial charge is 0.210 e. The third-order valence-corrected chi connectivity index (χ3v) is 2.88. The number of rotatable bonds is 2. The summed E-state index contributed by atoms with van der Waals surface area (Å²) in [4.78, 5) is 3.93. The Bertz CT molecular complexity index is 123. The van der Waals surface area contributed by atoms with Gasteiger partial charge in [0.25, 0.3) is 0 Å². The molecule has 0 aromatic heterocycles. The molecule has 2 saturated heterocycles. The molecular formula is C9H17FN2. The van der Waals surface area contributed by atoms with Gasteiger partial charge in [0.15, 0.2) is 0 Å². The van der Waals surface area contributed by atoms with Gasteiger partial charge in [0.1, 0.15) is 0 Å². The van der Waals surface area contributed by atoms with Gasteiger partial charge in [-0.1, -0.05) is 0 Å². The van der Waals surface area contributed by atoms with Crippen LogP contribution < -0.4 is 0 Å². The van der Waals surface area contributed by atoms with Crippen molar-refractivity contribution in [3.8, 4) is 0 Å². The Morgan fingerprint density at radius 1 is 0.750 bits per heavy atom. The molecule has 0 bridgehead atoms. The van der Waals surface area contributed by atoms with Gasteiger partial charge in [-0.3, -0.25) is 9.80 Å². The zero-order valence-electron chi connectivity index (χ0n) is 7.51. The van der Waals surface area contributed by atoms with E-state index in [0.717, 1.165) is 26.2 Å². The first-order valence-corrected chi connectivity index (χ1v) is 5.00. The van der Waals surface area contributed by atoms with E-state index in [9.17, 15) is 4.39 Å². The minimum absolute atomic E-state index is 0.782. The van der Waals surface area contributed by atoms with Crippen molar-refractivity contribution < 1.29 is 4.39 Å². The Morgan fingerprint density at radius 3 is 1.42 bits per heavy atom. The van der Waals surface area contributed by atoms with Crippen LogP contribution in [0.4, 0.5) is 4.39 Å². The van der Waals surface area contributed by atoms with Crippen LogP contribution in [0.1, 0.15) is 25.7 Å². The monoisotopic (exact) mass is 172 g/mol. The quantitative estimate of drug-likeness (QED) is 0.581. The summed E-state index contributed by atoms with van der Waals surface area (Å²) in [6.45, 7) is 3.82. The van der Waals surface area contributed by atoms with Gasteiger partial charge in [0.2, 0.25) is 6.42 Å². The predicted molar refractivity (Wildman–Crippen MR) is 46.5 cm³/mol. The Morgan fingerprint density at radius 2 is 1.08 bits per heavy atom. The Balaban J connectivity index is 1.84. The zero-order chi connectivity index (χ0) is 8.39. The zero-order valence-corrected chi connectivity index (χ0v) is 7.51. The number of alkyl halides is 1. The first kappa shape index (κ1) is 8.45. The molecule has 0 unspecified atom stereocenters. The number of hydrogen-bond donors (Lipinski definition) is 0. The fourth-order valence-corrected chi connectivity index (χ4v) is 2.14. The molecule has 2 heterocycles. The van der Waals surface area contributed by atoms with Gasteiger partial charge in [-0.25, -0.2) is 4.39 Å². The summed E-state index contributed by atoms with van der Waals surface area (Å²) < 4.78 is 13.7. The molecule has 0 atom stereocenters. The van der Waals surface area contributed by atoms with E-state index in [1.807, 2.05) is 9.80 Å². The molecule has 0 radical (unpaired) electrons. The van der Waals surface area contributed by atoms with E-state index in [-0.39, 0.29) is 0 Å². The normalized spacial score (nSPS) is 27.5. The number of halogens is 1. The number of nitrogens with zero attached hydrogens (tertiary/aromatic N) is 2. The van der Waals surface area contributed by atoms with E-state index in [2.05, 4.69) is 0 Å². The van der Waals surface area contributed by atoms with Gasteiger partial charge >= 0.3 is 0 Å². The minimum atomic E-state index is -0.782. The highest BCUT2D eigenvalue weighted by molar-refractivity contribution is 4.74. The number of hydrogen-bond acceptors (Lipinski definition) is 2. The lowest BCUT2D eigenvalue weighted by Gasteiger charge is -2.27. The van der Waals surface area contributed by atoms with Crippen LogP contribution >= 0.6 is 0 Å². The summed E-state index contributed by atoms with van der Waals surface area (Å²) in [7, 11) is 0. The van der Waals surface area contributed by atoms with E-state index in [0.29, 0.717) is 0 Å². The Hall–Kier alpha value is -0.150. The van der Waals surface area contributed by atoms with Crippen LogP contribution in [-0.2, 0) is 0 Å². The summed E-state index contributed by atoms with van der Waals surface area (Å²) in [5.74, 6) is 0. The molecule has 2 fully saturated rings. The van der Waals surface area contributed by atoms with Crippen molar-refractivity contribution in [2.24, 2.45) is 0 Å². The summed E-state index contributed by atoms with van der Waals surface area (Å²) in [5, 5.41) is 0. The highest BCUT2D eigenvalue weighted by Crippen LogP contribution is 2.19. The van der Waals surface area contributed by atoms with Crippen LogP contribution in [0.25, 0.3) is 0 Å². The lowest BCUT2D eigenvalue weighted by Crippen LogP contribution is -2.42. The van der Waals surface area contributed by atoms with Gasteiger partial charge in [-0.2, -0.15) is 0 Å². The molecule has 2 nitrogen and oxygen atoms in total. The topological polar surface area (TPSA) is 6.48 Å². The van der Waals surface area contributed by atoms with Gasteiger partial charge < -0.3 is 0 Å². The lowest BCUT2D eigenvalue weighted by molar-refractivity contribution is -0.0261. The Kier molecular flexibility index (Phi) is 2.61. The highest BCUT2D eigenvalue weighted by atomic mass is 19.1. The van der Waals surface area contributed by atoms with Crippen molar-refractivity contribution in [1.29, 1.82) is 0 Å². The number of likely N-dealkylation sites (tertiary alicyclic amines) is 2. The molecule has 0 aromatic rings. The first-order valence-electron chi connectivity index (χ1n) is 5.00. The molecule has 0 aliphatic carbocycles. The van der Waals surface area contributed by atoms with Crippen LogP contribution in [-0.4, -0.2) is 42.4 Å². The summed E-state index contributed by atoms with van der Waals surface area (Å²) in [6.07, 6.45) is 3.92. The van der Waals surface area contributed by atoms with E-state index < -0.39 is 6.42 Å². The summed E-state index contributed by atoms with van der Waals surface area (Å²) >= 11 is 0. The second kappa shape index (κ2) is 3.71. The molecule has 3 heteroatoms. The molecule has 70 valence electrons. The summed E-state index contributed by atoms with van der Waals surface area (Å²) in [6, 6.07) is 0. The maximum Gasteiger partial charge on any atom is 0.210 e. The van der Waals surface area contributed by atoms with E-state index >= 15 is 0 Å². The maximum absolute atomic E-state index is 13.7. The molecule has 2 aliphatic heterocycles. The van der Waals surface area contributed by atoms with Crippen molar-refractivity contribution in [2.75, 3.05) is 26.2 Å². The minimum Gasteiger partial charge on any atom is -0.261 e. The average molecular weight is 172 g/mol. The van der Waals surface area contributed by atoms with Gasteiger partial charge in [0.05, 0.1) is 0 Å². The summed E-state index contributed by atoms with van der Waals surface area (Å²) in [5.41, 5.74) is 0. The van der Waals surface area contributed by atoms with Crippen molar-refractivity contribution in [3.63, 3.8) is 0 Å². The fraction of sp³-hybridized carbons (Fsp3) is 1.00. The molecule has 0 spiro atoms. The third-order valence-electron chi connectivity index (χ3n) is 2.88. The maximum atomic E-state index is 13.7. The largest absolute Gasteiger partial charge is 0.261 e.